The maximum Gasteiger partial charge on any atom is 0.284 e. The van der Waals surface area contributed by atoms with Gasteiger partial charge >= 0.3 is 0 Å². The Morgan fingerprint density at radius 3 is 2.55 bits per heavy atom. The third-order valence-electron chi connectivity index (χ3n) is 3.40. The van der Waals surface area contributed by atoms with E-state index in [0.29, 0.717) is 16.8 Å². The zero-order chi connectivity index (χ0) is 15.7. The molecule has 2 aromatic carbocycles. The molecule has 0 unspecified atom stereocenters. The van der Waals surface area contributed by atoms with Gasteiger partial charge in [-0.1, -0.05) is 24.3 Å². The highest BCUT2D eigenvalue weighted by Gasteiger charge is 2.30. The molecule has 1 aliphatic heterocycles. The molecule has 22 heavy (non-hydrogen) atoms. The van der Waals surface area contributed by atoms with Gasteiger partial charge in [0.2, 0.25) is 0 Å². The maximum absolute atomic E-state index is 12.1. The number of hydroxylamine groups is 2. The molecule has 2 N–H and O–H groups in total. The molecule has 0 saturated carbocycles. The molecule has 3 amide bonds. The van der Waals surface area contributed by atoms with Crippen LogP contribution in [0.1, 0.15) is 26.3 Å². The van der Waals surface area contributed by atoms with Gasteiger partial charge in [-0.25, -0.2) is 0 Å². The van der Waals surface area contributed by atoms with Crippen molar-refractivity contribution in [2.75, 3.05) is 5.32 Å². The number of carbonyl (C=O) groups is 3. The highest BCUT2D eigenvalue weighted by atomic mass is 16.5. The largest absolute Gasteiger partial charge is 0.322 e. The Kier molecular flexibility index (Phi) is 3.44. The highest BCUT2D eigenvalue weighted by molar-refractivity contribution is 6.10. The molecular formula is C16H12N2O4. The smallest absolute Gasteiger partial charge is 0.284 e. The topological polar surface area (TPSA) is 86.7 Å². The molecule has 0 atom stereocenters. The summed E-state index contributed by atoms with van der Waals surface area (Å²) in [7, 11) is 0. The molecule has 110 valence electrons. The van der Waals surface area contributed by atoms with Crippen LogP contribution in [0.4, 0.5) is 5.69 Å². The van der Waals surface area contributed by atoms with Gasteiger partial charge in [0.05, 0.1) is 6.42 Å². The average Bonchev–Trinajstić information content (AvgIpc) is 2.54. The lowest BCUT2D eigenvalue weighted by molar-refractivity contribution is -0.153. The molecule has 0 bridgehead atoms. The van der Waals surface area contributed by atoms with Gasteiger partial charge in [0.15, 0.2) is 0 Å². The summed E-state index contributed by atoms with van der Waals surface area (Å²) in [6.45, 7) is 0. The van der Waals surface area contributed by atoms with Crippen LogP contribution in [0.2, 0.25) is 0 Å². The minimum atomic E-state index is -0.790. The van der Waals surface area contributed by atoms with E-state index in [1.54, 1.807) is 42.5 Å². The number of hydrogen-bond acceptors (Lipinski definition) is 4. The van der Waals surface area contributed by atoms with E-state index in [-0.39, 0.29) is 23.0 Å². The molecule has 0 aromatic heterocycles. The van der Waals surface area contributed by atoms with Gasteiger partial charge in [-0.2, -0.15) is 5.06 Å². The predicted octanol–water partition coefficient (Wildman–Crippen LogP) is 1.85. The fourth-order valence-corrected chi connectivity index (χ4v) is 2.27. The van der Waals surface area contributed by atoms with E-state index in [0.717, 1.165) is 0 Å². The molecule has 6 heteroatoms. The molecular weight excluding hydrogens is 284 g/mol. The van der Waals surface area contributed by atoms with Gasteiger partial charge in [0, 0.05) is 16.8 Å². The van der Waals surface area contributed by atoms with Gasteiger partial charge in [-0.15, -0.1) is 0 Å². The fourth-order valence-electron chi connectivity index (χ4n) is 2.27. The quantitative estimate of drug-likeness (QED) is 0.654. The summed E-state index contributed by atoms with van der Waals surface area (Å²) >= 11 is 0. The Morgan fingerprint density at radius 1 is 1.09 bits per heavy atom. The average molecular weight is 296 g/mol. The van der Waals surface area contributed by atoms with E-state index in [1.165, 1.54) is 6.07 Å². The SMILES string of the molecule is O=C(Nc1ccc2c(c1)C(=O)N(O)C(=O)C2)c1ccccc1. The van der Waals surface area contributed by atoms with Crippen LogP contribution >= 0.6 is 0 Å². The lowest BCUT2D eigenvalue weighted by atomic mass is 9.99. The summed E-state index contributed by atoms with van der Waals surface area (Å²) in [5, 5.41) is 12.2. The molecule has 0 aliphatic carbocycles. The molecule has 0 fully saturated rings. The number of nitrogens with zero attached hydrogens (tertiary/aromatic N) is 1. The van der Waals surface area contributed by atoms with E-state index in [1.807, 2.05) is 0 Å². The van der Waals surface area contributed by atoms with Crippen LogP contribution in [0.5, 0.6) is 0 Å². The van der Waals surface area contributed by atoms with Crippen molar-refractivity contribution in [2.45, 2.75) is 6.42 Å². The second-order valence-electron chi connectivity index (χ2n) is 4.88. The van der Waals surface area contributed by atoms with Crippen molar-refractivity contribution in [3.8, 4) is 0 Å². The van der Waals surface area contributed by atoms with Crippen LogP contribution in [0.3, 0.4) is 0 Å². The predicted molar refractivity (Wildman–Crippen MR) is 77.5 cm³/mol. The van der Waals surface area contributed by atoms with Crippen molar-refractivity contribution in [1.82, 2.24) is 5.06 Å². The summed E-state index contributed by atoms with van der Waals surface area (Å²) in [6, 6.07) is 13.3. The Hall–Kier alpha value is -2.99. The summed E-state index contributed by atoms with van der Waals surface area (Å²) < 4.78 is 0. The molecule has 3 rings (SSSR count). The molecule has 6 nitrogen and oxygen atoms in total. The minimum Gasteiger partial charge on any atom is -0.322 e. The molecule has 1 heterocycles. The normalized spacial score (nSPS) is 13.8. The third-order valence-corrected chi connectivity index (χ3v) is 3.40. The second-order valence-corrected chi connectivity index (χ2v) is 4.88. The number of hydrogen-bond donors (Lipinski definition) is 2. The van der Waals surface area contributed by atoms with Crippen LogP contribution < -0.4 is 5.32 Å². The first kappa shape index (κ1) is 14.0. The second kappa shape index (κ2) is 5.42. The molecule has 0 radical (unpaired) electrons. The zero-order valence-electron chi connectivity index (χ0n) is 11.4. The molecule has 1 aliphatic rings. The van der Waals surface area contributed by atoms with Gasteiger partial charge in [0.1, 0.15) is 0 Å². The summed E-state index contributed by atoms with van der Waals surface area (Å²) in [5.41, 5.74) is 1.64. The lowest BCUT2D eigenvalue weighted by Crippen LogP contribution is -2.39. The first-order valence-corrected chi connectivity index (χ1v) is 6.62. The number of carbonyl (C=O) groups excluding carboxylic acids is 3. The van der Waals surface area contributed by atoms with Crippen molar-refractivity contribution in [2.24, 2.45) is 0 Å². The van der Waals surface area contributed by atoms with Crippen LogP contribution in [-0.4, -0.2) is 28.0 Å². The van der Waals surface area contributed by atoms with Crippen molar-refractivity contribution >= 4 is 23.4 Å². The number of nitrogens with one attached hydrogen (secondary N) is 1. The molecule has 0 saturated heterocycles. The number of benzene rings is 2. The fraction of sp³-hybridized carbons (Fsp3) is 0.0625. The number of imide groups is 1. The van der Waals surface area contributed by atoms with Crippen molar-refractivity contribution < 1.29 is 19.6 Å². The molecule has 2 aromatic rings. The van der Waals surface area contributed by atoms with Crippen LogP contribution in [0.25, 0.3) is 0 Å². The van der Waals surface area contributed by atoms with Crippen molar-refractivity contribution in [1.29, 1.82) is 0 Å². The van der Waals surface area contributed by atoms with Gasteiger partial charge in [0.25, 0.3) is 17.7 Å². The number of rotatable bonds is 2. The van der Waals surface area contributed by atoms with E-state index < -0.39 is 11.8 Å². The Bertz CT molecular complexity index is 771. The Morgan fingerprint density at radius 2 is 1.82 bits per heavy atom. The van der Waals surface area contributed by atoms with Gasteiger partial charge in [-0.3, -0.25) is 19.6 Å². The van der Waals surface area contributed by atoms with Crippen LogP contribution in [0, 0.1) is 0 Å². The van der Waals surface area contributed by atoms with Crippen LogP contribution in [0.15, 0.2) is 48.5 Å². The first-order valence-electron chi connectivity index (χ1n) is 6.62. The Balaban J connectivity index is 1.87. The first-order chi connectivity index (χ1) is 10.6. The number of fused-ring (bicyclic) bond motifs is 1. The van der Waals surface area contributed by atoms with E-state index in [2.05, 4.69) is 5.32 Å². The number of anilines is 1. The standard InChI is InChI=1S/C16H12N2O4/c19-14-8-11-6-7-12(9-13(11)16(21)18(14)22)17-15(20)10-4-2-1-3-5-10/h1-7,9,22H,8H2,(H,17,20). The van der Waals surface area contributed by atoms with Gasteiger partial charge in [-0.05, 0) is 29.8 Å². The number of amides is 3. The maximum atomic E-state index is 12.1. The zero-order valence-corrected chi connectivity index (χ0v) is 11.4. The van der Waals surface area contributed by atoms with E-state index >= 15 is 0 Å². The van der Waals surface area contributed by atoms with Crippen molar-refractivity contribution in [3.63, 3.8) is 0 Å². The van der Waals surface area contributed by atoms with Crippen LogP contribution in [-0.2, 0) is 11.2 Å². The highest BCUT2D eigenvalue weighted by Crippen LogP contribution is 2.23. The summed E-state index contributed by atoms with van der Waals surface area (Å²) in [6.07, 6.45) is -0.0511. The lowest BCUT2D eigenvalue weighted by Gasteiger charge is -2.21. The van der Waals surface area contributed by atoms with Crippen molar-refractivity contribution in [3.05, 3.63) is 65.2 Å². The molecule has 0 spiro atoms. The minimum absolute atomic E-state index is 0.0511. The van der Waals surface area contributed by atoms with E-state index in [9.17, 15) is 19.6 Å². The van der Waals surface area contributed by atoms with E-state index in [4.69, 9.17) is 0 Å². The third kappa shape index (κ3) is 2.47. The summed E-state index contributed by atoms with van der Waals surface area (Å²) in [5.74, 6) is -1.76. The monoisotopic (exact) mass is 296 g/mol. The van der Waals surface area contributed by atoms with Gasteiger partial charge < -0.3 is 5.32 Å². The Labute approximate surface area is 125 Å². The summed E-state index contributed by atoms with van der Waals surface area (Å²) in [4.78, 5) is 35.3.